The van der Waals surface area contributed by atoms with Crippen LogP contribution in [0.15, 0.2) is 56.6 Å². The highest BCUT2D eigenvalue weighted by Gasteiger charge is 2.19. The number of anilines is 1. The molecule has 166 valence electrons. The quantitative estimate of drug-likeness (QED) is 0.480. The smallest absolute Gasteiger partial charge is 0.408 e. The second-order valence-corrected chi connectivity index (χ2v) is 10.1. The Morgan fingerprint density at radius 1 is 1.13 bits per heavy atom. The lowest BCUT2D eigenvalue weighted by Crippen LogP contribution is -2.29. The number of aromatic amines is 1. The monoisotopic (exact) mass is 443 g/mol. The van der Waals surface area contributed by atoms with Crippen LogP contribution in [0.5, 0.6) is 0 Å². The van der Waals surface area contributed by atoms with E-state index in [1.807, 2.05) is 12.1 Å². The first-order valence-corrected chi connectivity index (χ1v) is 12.4. The van der Waals surface area contributed by atoms with E-state index in [0.29, 0.717) is 23.8 Å². The lowest BCUT2D eigenvalue weighted by atomic mass is 9.85. The number of oxazole rings is 1. The van der Waals surface area contributed by atoms with Crippen LogP contribution in [0.3, 0.4) is 0 Å². The van der Waals surface area contributed by atoms with E-state index >= 15 is 0 Å². The summed E-state index contributed by atoms with van der Waals surface area (Å²) in [7, 11) is -3.83. The number of aromatic nitrogens is 1. The van der Waals surface area contributed by atoms with Crippen molar-refractivity contribution in [2.45, 2.75) is 62.9 Å². The zero-order chi connectivity index (χ0) is 21.8. The Bertz CT molecular complexity index is 1190. The third kappa shape index (κ3) is 5.37. The Kier molecular flexibility index (Phi) is 6.48. The summed E-state index contributed by atoms with van der Waals surface area (Å²) in [4.78, 5) is 13.9. The van der Waals surface area contributed by atoms with E-state index in [9.17, 15) is 13.2 Å². The number of nitrogens with one attached hydrogen (secondary N) is 3. The van der Waals surface area contributed by atoms with Crippen molar-refractivity contribution in [1.29, 1.82) is 0 Å². The maximum absolute atomic E-state index is 12.9. The Hall–Kier alpha value is -2.58. The third-order valence-electron chi connectivity index (χ3n) is 6.02. The second kappa shape index (κ2) is 9.28. The normalized spacial score (nSPS) is 16.4. The first-order valence-electron chi connectivity index (χ1n) is 10.9. The summed E-state index contributed by atoms with van der Waals surface area (Å²) >= 11 is 0. The van der Waals surface area contributed by atoms with Crippen molar-refractivity contribution >= 4 is 26.8 Å². The van der Waals surface area contributed by atoms with Crippen LogP contribution < -0.4 is 15.8 Å². The molecule has 0 bridgehead atoms. The van der Waals surface area contributed by atoms with Crippen LogP contribution in [0.25, 0.3) is 11.1 Å². The predicted octanol–water partition coefficient (Wildman–Crippen LogP) is 4.37. The van der Waals surface area contributed by atoms with Gasteiger partial charge in [-0.05, 0) is 43.0 Å². The van der Waals surface area contributed by atoms with Crippen molar-refractivity contribution in [3.8, 4) is 0 Å². The third-order valence-corrected chi connectivity index (χ3v) is 7.38. The maximum atomic E-state index is 12.9. The molecule has 7 nitrogen and oxygen atoms in total. The highest BCUT2D eigenvalue weighted by atomic mass is 32.2. The number of benzene rings is 2. The molecule has 1 saturated carbocycles. The fourth-order valence-electron chi connectivity index (χ4n) is 4.36. The lowest BCUT2D eigenvalue weighted by Gasteiger charge is -2.25. The molecule has 1 aliphatic carbocycles. The maximum Gasteiger partial charge on any atom is 0.417 e. The van der Waals surface area contributed by atoms with Gasteiger partial charge in [-0.1, -0.05) is 50.3 Å². The summed E-state index contributed by atoms with van der Waals surface area (Å²) in [5, 5.41) is 3.55. The Balaban J connectivity index is 1.45. The van der Waals surface area contributed by atoms with Gasteiger partial charge >= 0.3 is 5.76 Å². The summed E-state index contributed by atoms with van der Waals surface area (Å²) in [5.41, 5.74) is 2.09. The highest BCUT2D eigenvalue weighted by molar-refractivity contribution is 7.92. The summed E-state index contributed by atoms with van der Waals surface area (Å²) in [6, 6.07) is 12.1. The molecule has 0 amide bonds. The molecular weight excluding hydrogens is 414 g/mol. The molecule has 0 radical (unpaired) electrons. The minimum absolute atomic E-state index is 0.0381. The van der Waals surface area contributed by atoms with Crippen LogP contribution in [0.2, 0.25) is 0 Å². The lowest BCUT2D eigenvalue weighted by molar-refractivity contribution is 0.305. The van der Waals surface area contributed by atoms with E-state index in [2.05, 4.69) is 21.9 Å². The predicted molar refractivity (Wildman–Crippen MR) is 122 cm³/mol. The van der Waals surface area contributed by atoms with Crippen LogP contribution in [-0.2, 0) is 16.6 Å². The zero-order valence-electron chi connectivity index (χ0n) is 17.7. The molecule has 2 aromatic carbocycles. The van der Waals surface area contributed by atoms with Gasteiger partial charge in [0.05, 0.1) is 16.1 Å². The number of hydrogen-bond acceptors (Lipinski definition) is 5. The second-order valence-electron chi connectivity index (χ2n) is 8.46. The first-order chi connectivity index (χ1) is 14.9. The van der Waals surface area contributed by atoms with E-state index in [0.717, 1.165) is 17.9 Å². The Morgan fingerprint density at radius 2 is 1.90 bits per heavy atom. The molecule has 1 atom stereocenters. The molecule has 3 aromatic rings. The van der Waals surface area contributed by atoms with E-state index in [1.165, 1.54) is 50.3 Å². The standard InChI is InChI=1S/C23H29N3O4S/c1-16(13-17-7-3-2-4-8-17)24-15-18-9-5-6-10-20(18)26-31(28,29)19-11-12-21-22(14-19)30-23(27)25-21/h5-6,9-12,14,16-17,24,26H,2-4,7-8,13,15H2,1H3,(H,25,27)/t16-/m0/s1. The Morgan fingerprint density at radius 3 is 2.71 bits per heavy atom. The minimum Gasteiger partial charge on any atom is -0.408 e. The number of para-hydroxylation sites is 1. The number of rotatable bonds is 8. The van der Waals surface area contributed by atoms with Gasteiger partial charge in [0, 0.05) is 18.7 Å². The molecule has 3 N–H and O–H groups in total. The van der Waals surface area contributed by atoms with Gasteiger partial charge in [0.15, 0.2) is 5.58 Å². The van der Waals surface area contributed by atoms with Gasteiger partial charge in [-0.2, -0.15) is 0 Å². The zero-order valence-corrected chi connectivity index (χ0v) is 18.5. The van der Waals surface area contributed by atoms with Gasteiger partial charge in [-0.25, -0.2) is 13.2 Å². The number of fused-ring (bicyclic) bond motifs is 1. The van der Waals surface area contributed by atoms with Gasteiger partial charge in [-0.3, -0.25) is 9.71 Å². The summed E-state index contributed by atoms with van der Waals surface area (Å²) in [6.45, 7) is 2.78. The van der Waals surface area contributed by atoms with Crippen LogP contribution in [0.4, 0.5) is 5.69 Å². The number of sulfonamides is 1. The molecule has 8 heteroatoms. The largest absolute Gasteiger partial charge is 0.417 e. The van der Waals surface area contributed by atoms with Crippen LogP contribution in [0, 0.1) is 5.92 Å². The molecule has 0 saturated heterocycles. The summed E-state index contributed by atoms with van der Waals surface area (Å²) in [6.07, 6.45) is 7.80. The van der Waals surface area contributed by atoms with Gasteiger partial charge in [0.25, 0.3) is 10.0 Å². The molecule has 1 heterocycles. The van der Waals surface area contributed by atoms with Crippen molar-refractivity contribution in [2.75, 3.05) is 4.72 Å². The van der Waals surface area contributed by atoms with E-state index in [4.69, 9.17) is 4.42 Å². The molecule has 0 unspecified atom stereocenters. The van der Waals surface area contributed by atoms with Crippen molar-refractivity contribution in [3.63, 3.8) is 0 Å². The SMILES string of the molecule is C[C@@H](CC1CCCCC1)NCc1ccccc1NS(=O)(=O)c1ccc2[nH]c(=O)oc2c1. The van der Waals surface area contributed by atoms with Gasteiger partial charge in [0.1, 0.15) is 0 Å². The fourth-order valence-corrected chi connectivity index (χ4v) is 5.48. The molecule has 1 aliphatic rings. The van der Waals surface area contributed by atoms with Crippen molar-refractivity contribution in [3.05, 3.63) is 58.6 Å². The van der Waals surface area contributed by atoms with Crippen molar-refractivity contribution in [2.24, 2.45) is 5.92 Å². The average Bonchev–Trinajstić information content (AvgIpc) is 3.13. The van der Waals surface area contributed by atoms with E-state index in [-0.39, 0.29) is 10.5 Å². The van der Waals surface area contributed by atoms with E-state index in [1.54, 1.807) is 12.1 Å². The molecular formula is C23H29N3O4S. The molecule has 1 aromatic heterocycles. The van der Waals surface area contributed by atoms with Crippen LogP contribution in [-0.4, -0.2) is 19.4 Å². The molecule has 0 spiro atoms. The average molecular weight is 444 g/mol. The van der Waals surface area contributed by atoms with Crippen LogP contribution >= 0.6 is 0 Å². The van der Waals surface area contributed by atoms with Crippen molar-refractivity contribution < 1.29 is 12.8 Å². The van der Waals surface area contributed by atoms with Crippen LogP contribution in [0.1, 0.15) is 51.0 Å². The highest BCUT2D eigenvalue weighted by Crippen LogP contribution is 2.28. The minimum atomic E-state index is -3.83. The number of H-pyrrole nitrogens is 1. The first kappa shape index (κ1) is 21.6. The topological polar surface area (TPSA) is 104 Å². The van der Waals surface area contributed by atoms with Gasteiger partial charge in [-0.15, -0.1) is 0 Å². The Labute approximate surface area is 182 Å². The van der Waals surface area contributed by atoms with Gasteiger partial charge < -0.3 is 9.73 Å². The van der Waals surface area contributed by atoms with Gasteiger partial charge in [0.2, 0.25) is 0 Å². The molecule has 31 heavy (non-hydrogen) atoms. The summed E-state index contributed by atoms with van der Waals surface area (Å²) < 4.78 is 33.6. The molecule has 4 rings (SSSR count). The number of hydrogen-bond donors (Lipinski definition) is 3. The van der Waals surface area contributed by atoms with E-state index < -0.39 is 15.8 Å². The summed E-state index contributed by atoms with van der Waals surface area (Å²) in [5.74, 6) is 0.171. The molecule has 1 fully saturated rings. The van der Waals surface area contributed by atoms with Crippen molar-refractivity contribution in [1.82, 2.24) is 10.3 Å². The molecule has 0 aliphatic heterocycles. The fraction of sp³-hybridized carbons (Fsp3) is 0.435.